The Morgan fingerprint density at radius 2 is 1.85 bits per heavy atom. The van der Waals surface area contributed by atoms with Crippen molar-refractivity contribution in [2.24, 2.45) is 0 Å². The summed E-state index contributed by atoms with van der Waals surface area (Å²) in [5, 5.41) is 4.67. The number of halogens is 1. The lowest BCUT2D eigenvalue weighted by Gasteiger charge is -2.35. The molecule has 2 heterocycles. The molecule has 0 saturated carbocycles. The van der Waals surface area contributed by atoms with Crippen LogP contribution in [0.3, 0.4) is 0 Å². The quantitative estimate of drug-likeness (QED) is 0.736. The van der Waals surface area contributed by atoms with Crippen molar-refractivity contribution in [1.29, 1.82) is 0 Å². The number of ether oxygens (including phenoxy) is 1. The Bertz CT molecular complexity index is 907. The number of nitrogens with zero attached hydrogens (tertiary/aromatic N) is 2. The maximum absolute atomic E-state index is 13.4. The molecule has 1 fully saturated rings. The van der Waals surface area contributed by atoms with Crippen molar-refractivity contribution in [2.75, 3.05) is 38.2 Å². The van der Waals surface area contributed by atoms with Gasteiger partial charge in [0, 0.05) is 25.0 Å². The summed E-state index contributed by atoms with van der Waals surface area (Å²) >= 11 is 0. The van der Waals surface area contributed by atoms with Crippen LogP contribution >= 0.6 is 0 Å². The number of para-hydroxylation sites is 1. The van der Waals surface area contributed by atoms with E-state index in [0.29, 0.717) is 6.54 Å². The third kappa shape index (κ3) is 4.10. The van der Waals surface area contributed by atoms with E-state index in [-0.39, 0.29) is 11.9 Å². The van der Waals surface area contributed by atoms with Gasteiger partial charge < -0.3 is 10.1 Å². The summed E-state index contributed by atoms with van der Waals surface area (Å²) in [7, 11) is 0. The van der Waals surface area contributed by atoms with Gasteiger partial charge in [-0.3, -0.25) is 4.90 Å². The van der Waals surface area contributed by atoms with Crippen LogP contribution < -0.4 is 5.32 Å². The highest BCUT2D eigenvalue weighted by Gasteiger charge is 2.22. The number of anilines is 1. The number of rotatable bonds is 5. The van der Waals surface area contributed by atoms with Crippen LogP contribution in [0.4, 0.5) is 10.2 Å². The number of hydrogen-bond donors (Lipinski definition) is 1. The van der Waals surface area contributed by atoms with Crippen LogP contribution in [0, 0.1) is 12.7 Å². The SMILES string of the molecule is Cc1cc(NCC(c2ccc(F)cc2)N2CCOCC2)nc2ccccc12. The summed E-state index contributed by atoms with van der Waals surface area (Å²) in [5.74, 6) is 0.658. The first-order chi connectivity index (χ1) is 13.2. The van der Waals surface area contributed by atoms with E-state index in [0.717, 1.165) is 43.2 Å². The molecule has 1 aliphatic heterocycles. The molecule has 4 nitrogen and oxygen atoms in total. The minimum absolute atomic E-state index is 0.142. The highest BCUT2D eigenvalue weighted by molar-refractivity contribution is 5.83. The minimum Gasteiger partial charge on any atom is -0.379 e. The summed E-state index contributed by atoms with van der Waals surface area (Å²) in [6, 6.07) is 17.2. The molecule has 0 spiro atoms. The lowest BCUT2D eigenvalue weighted by Crippen LogP contribution is -2.41. The number of hydrogen-bond acceptors (Lipinski definition) is 4. The lowest BCUT2D eigenvalue weighted by molar-refractivity contribution is 0.0187. The molecule has 1 atom stereocenters. The third-order valence-electron chi connectivity index (χ3n) is 5.14. The topological polar surface area (TPSA) is 37.4 Å². The van der Waals surface area contributed by atoms with Gasteiger partial charge in [0.2, 0.25) is 0 Å². The molecule has 0 bridgehead atoms. The molecule has 3 aromatic rings. The summed E-state index contributed by atoms with van der Waals surface area (Å²) in [4.78, 5) is 7.13. The van der Waals surface area contributed by atoms with Crippen molar-refractivity contribution in [1.82, 2.24) is 9.88 Å². The van der Waals surface area contributed by atoms with Gasteiger partial charge in [0.15, 0.2) is 0 Å². The number of nitrogens with one attached hydrogen (secondary N) is 1. The fourth-order valence-electron chi connectivity index (χ4n) is 3.67. The fraction of sp³-hybridized carbons (Fsp3) is 0.318. The molecule has 5 heteroatoms. The van der Waals surface area contributed by atoms with E-state index in [4.69, 9.17) is 9.72 Å². The number of morpholine rings is 1. The summed E-state index contributed by atoms with van der Waals surface area (Å²) in [6.07, 6.45) is 0. The van der Waals surface area contributed by atoms with Crippen LogP contribution in [0.1, 0.15) is 17.2 Å². The Morgan fingerprint density at radius 3 is 2.63 bits per heavy atom. The second kappa shape index (κ2) is 8.03. The molecule has 27 heavy (non-hydrogen) atoms. The predicted octanol–water partition coefficient (Wildman–Crippen LogP) is 4.17. The van der Waals surface area contributed by atoms with Crippen molar-refractivity contribution in [3.63, 3.8) is 0 Å². The zero-order valence-corrected chi connectivity index (χ0v) is 15.5. The molecular formula is C22H24FN3O. The molecule has 0 aliphatic carbocycles. The second-order valence-electron chi connectivity index (χ2n) is 6.94. The Kier molecular flexibility index (Phi) is 5.32. The molecule has 140 valence electrons. The molecular weight excluding hydrogens is 341 g/mol. The van der Waals surface area contributed by atoms with Gasteiger partial charge >= 0.3 is 0 Å². The minimum atomic E-state index is -0.209. The molecule has 1 aliphatic rings. The molecule has 4 rings (SSSR count). The second-order valence-corrected chi connectivity index (χ2v) is 6.94. The first-order valence-corrected chi connectivity index (χ1v) is 9.38. The smallest absolute Gasteiger partial charge is 0.126 e. The summed E-state index contributed by atoms with van der Waals surface area (Å²) in [5.41, 5.74) is 3.29. The van der Waals surface area contributed by atoms with Gasteiger partial charge in [-0.05, 0) is 42.3 Å². The Balaban J connectivity index is 1.57. The van der Waals surface area contributed by atoms with Crippen LogP contribution in [-0.2, 0) is 4.74 Å². The van der Waals surface area contributed by atoms with E-state index < -0.39 is 0 Å². The molecule has 1 saturated heterocycles. The fourth-order valence-corrected chi connectivity index (χ4v) is 3.67. The van der Waals surface area contributed by atoms with Crippen LogP contribution in [0.5, 0.6) is 0 Å². The van der Waals surface area contributed by atoms with Gasteiger partial charge in [-0.15, -0.1) is 0 Å². The van der Waals surface area contributed by atoms with Gasteiger partial charge in [-0.25, -0.2) is 9.37 Å². The predicted molar refractivity (Wildman–Crippen MR) is 107 cm³/mol. The third-order valence-corrected chi connectivity index (χ3v) is 5.14. The largest absolute Gasteiger partial charge is 0.379 e. The molecule has 2 aromatic carbocycles. The van der Waals surface area contributed by atoms with E-state index >= 15 is 0 Å². The molecule has 1 N–H and O–H groups in total. The summed E-state index contributed by atoms with van der Waals surface area (Å²) in [6.45, 7) is 6.00. The first-order valence-electron chi connectivity index (χ1n) is 9.38. The lowest BCUT2D eigenvalue weighted by atomic mass is 10.0. The Morgan fingerprint density at radius 1 is 1.11 bits per heavy atom. The first kappa shape index (κ1) is 17.9. The number of aryl methyl sites for hydroxylation is 1. The normalized spacial score (nSPS) is 16.4. The van der Waals surface area contributed by atoms with Crippen LogP contribution in [0.15, 0.2) is 54.6 Å². The highest BCUT2D eigenvalue weighted by atomic mass is 19.1. The molecule has 1 aromatic heterocycles. The van der Waals surface area contributed by atoms with Crippen LogP contribution in [0.25, 0.3) is 10.9 Å². The van der Waals surface area contributed by atoms with Crippen molar-refractivity contribution in [3.8, 4) is 0 Å². The number of aromatic nitrogens is 1. The van der Waals surface area contributed by atoms with Crippen molar-refractivity contribution < 1.29 is 9.13 Å². The molecule has 1 unspecified atom stereocenters. The van der Waals surface area contributed by atoms with E-state index in [1.807, 2.05) is 30.3 Å². The standard InChI is InChI=1S/C22H24FN3O/c1-16-14-22(25-20-5-3-2-4-19(16)20)24-15-21(26-10-12-27-13-11-26)17-6-8-18(23)9-7-17/h2-9,14,21H,10-13,15H2,1H3,(H,24,25). The Hall–Kier alpha value is -2.50. The maximum Gasteiger partial charge on any atom is 0.126 e. The van der Waals surface area contributed by atoms with Gasteiger partial charge in [-0.1, -0.05) is 30.3 Å². The van der Waals surface area contributed by atoms with Crippen molar-refractivity contribution in [3.05, 3.63) is 71.5 Å². The molecule has 0 radical (unpaired) electrons. The number of pyridine rings is 1. The van der Waals surface area contributed by atoms with Gasteiger partial charge in [0.25, 0.3) is 0 Å². The van der Waals surface area contributed by atoms with E-state index in [1.54, 1.807) is 0 Å². The molecule has 0 amide bonds. The highest BCUT2D eigenvalue weighted by Crippen LogP contribution is 2.24. The van der Waals surface area contributed by atoms with Gasteiger partial charge in [0.05, 0.1) is 24.8 Å². The number of benzene rings is 2. The van der Waals surface area contributed by atoms with Gasteiger partial charge in [0.1, 0.15) is 11.6 Å². The Labute approximate surface area is 159 Å². The van der Waals surface area contributed by atoms with Crippen LogP contribution in [-0.4, -0.2) is 42.7 Å². The average Bonchev–Trinajstić information content (AvgIpc) is 2.70. The monoisotopic (exact) mass is 365 g/mol. The number of fused-ring (bicyclic) bond motifs is 1. The van der Waals surface area contributed by atoms with E-state index in [2.05, 4.69) is 29.3 Å². The van der Waals surface area contributed by atoms with Crippen molar-refractivity contribution >= 4 is 16.7 Å². The summed E-state index contributed by atoms with van der Waals surface area (Å²) < 4.78 is 18.9. The average molecular weight is 365 g/mol. The van der Waals surface area contributed by atoms with Crippen molar-refractivity contribution in [2.45, 2.75) is 13.0 Å². The maximum atomic E-state index is 13.4. The van der Waals surface area contributed by atoms with Gasteiger partial charge in [-0.2, -0.15) is 0 Å². The van der Waals surface area contributed by atoms with E-state index in [1.165, 1.54) is 23.1 Å². The zero-order valence-electron chi connectivity index (χ0n) is 15.5. The van der Waals surface area contributed by atoms with Crippen LogP contribution in [0.2, 0.25) is 0 Å². The van der Waals surface area contributed by atoms with E-state index in [9.17, 15) is 4.39 Å². The zero-order chi connectivity index (χ0) is 18.6.